The normalized spacial score (nSPS) is 12.2. The average molecular weight is 674 g/mol. The van der Waals surface area contributed by atoms with Crippen molar-refractivity contribution in [3.8, 4) is 0 Å². The van der Waals surface area contributed by atoms with E-state index in [-0.39, 0.29) is 35.6 Å². The number of rotatable bonds is 14. The third kappa shape index (κ3) is 9.46. The molecule has 0 fully saturated rings. The van der Waals surface area contributed by atoms with E-state index in [1.54, 1.807) is 54.6 Å². The fourth-order valence-corrected chi connectivity index (χ4v) is 6.79. The molecule has 9 heteroatoms. The predicted molar refractivity (Wildman–Crippen MR) is 190 cm³/mol. The molecule has 0 aliphatic rings. The predicted octanol–water partition coefficient (Wildman–Crippen LogP) is 7.38. The molecule has 0 radical (unpaired) electrons. The molecule has 0 bridgehead atoms. The molecule has 0 aliphatic carbocycles. The van der Waals surface area contributed by atoms with E-state index < -0.39 is 28.5 Å². The van der Waals surface area contributed by atoms with Crippen molar-refractivity contribution in [1.82, 2.24) is 10.2 Å². The number of hydrogen-bond acceptors (Lipinski definition) is 4. The standard InChI is InChI=1S/C38H44ClN3O4S/c1-27(2)24-40-38(44)36(23-30-11-7-6-8-12-30)41(25-32-13-9-10-14-35(32)39)37(43)26-42(33-19-17-31(18-20-33)28(3)4)47(45,46)34-21-15-29(5)16-22-34/h6-22,27-28,36H,23-26H2,1-5H3,(H,40,44)/t36-/m1/s1. The first-order valence-electron chi connectivity index (χ1n) is 15.9. The van der Waals surface area contributed by atoms with E-state index in [4.69, 9.17) is 11.6 Å². The number of sulfonamides is 1. The zero-order valence-corrected chi connectivity index (χ0v) is 29.3. The molecule has 0 unspecified atom stereocenters. The van der Waals surface area contributed by atoms with Crippen LogP contribution in [0.15, 0.2) is 108 Å². The van der Waals surface area contributed by atoms with Crippen molar-refractivity contribution in [2.24, 2.45) is 5.92 Å². The van der Waals surface area contributed by atoms with Gasteiger partial charge in [0.2, 0.25) is 11.8 Å². The smallest absolute Gasteiger partial charge is 0.264 e. The number of anilines is 1. The second-order valence-electron chi connectivity index (χ2n) is 12.5. The van der Waals surface area contributed by atoms with Crippen molar-refractivity contribution in [1.29, 1.82) is 0 Å². The third-order valence-electron chi connectivity index (χ3n) is 7.99. The Labute approximate surface area is 284 Å². The Morgan fingerprint density at radius 3 is 2.02 bits per heavy atom. The minimum Gasteiger partial charge on any atom is -0.354 e. The fraction of sp³-hybridized carbons (Fsp3) is 0.316. The van der Waals surface area contributed by atoms with Crippen molar-refractivity contribution in [2.45, 2.75) is 64.4 Å². The molecule has 248 valence electrons. The van der Waals surface area contributed by atoms with Gasteiger partial charge in [0.1, 0.15) is 12.6 Å². The van der Waals surface area contributed by atoms with E-state index in [2.05, 4.69) is 19.2 Å². The van der Waals surface area contributed by atoms with Crippen LogP contribution >= 0.6 is 11.6 Å². The Morgan fingerprint density at radius 2 is 1.43 bits per heavy atom. The Bertz CT molecular complexity index is 1740. The Balaban J connectivity index is 1.81. The van der Waals surface area contributed by atoms with Gasteiger partial charge in [-0.15, -0.1) is 0 Å². The Hall–Kier alpha value is -4.14. The highest BCUT2D eigenvalue weighted by molar-refractivity contribution is 7.92. The molecule has 0 saturated carbocycles. The van der Waals surface area contributed by atoms with Crippen LogP contribution in [0.25, 0.3) is 0 Å². The highest BCUT2D eigenvalue weighted by Gasteiger charge is 2.35. The molecule has 1 N–H and O–H groups in total. The number of nitrogens with one attached hydrogen (secondary N) is 1. The number of nitrogens with zero attached hydrogens (tertiary/aromatic N) is 2. The van der Waals surface area contributed by atoms with E-state index in [1.165, 1.54) is 4.90 Å². The van der Waals surface area contributed by atoms with Crippen molar-refractivity contribution in [3.05, 3.63) is 130 Å². The molecule has 0 heterocycles. The van der Waals surface area contributed by atoms with E-state index in [1.807, 2.05) is 69.3 Å². The van der Waals surface area contributed by atoms with Crippen molar-refractivity contribution in [3.63, 3.8) is 0 Å². The Morgan fingerprint density at radius 1 is 0.809 bits per heavy atom. The van der Waals surface area contributed by atoms with Gasteiger partial charge in [-0.3, -0.25) is 13.9 Å². The maximum Gasteiger partial charge on any atom is 0.264 e. The fourth-order valence-electron chi connectivity index (χ4n) is 5.18. The van der Waals surface area contributed by atoms with Gasteiger partial charge in [-0.05, 0) is 65.8 Å². The highest BCUT2D eigenvalue weighted by Crippen LogP contribution is 2.28. The number of carbonyl (C=O) groups is 2. The largest absolute Gasteiger partial charge is 0.354 e. The van der Waals surface area contributed by atoms with Gasteiger partial charge in [-0.2, -0.15) is 0 Å². The maximum absolute atomic E-state index is 14.6. The van der Waals surface area contributed by atoms with Gasteiger partial charge >= 0.3 is 0 Å². The lowest BCUT2D eigenvalue weighted by molar-refractivity contribution is -0.140. The summed E-state index contributed by atoms with van der Waals surface area (Å²) in [7, 11) is -4.18. The van der Waals surface area contributed by atoms with Crippen LogP contribution in [0.5, 0.6) is 0 Å². The van der Waals surface area contributed by atoms with Crippen LogP contribution in [-0.2, 0) is 32.6 Å². The van der Waals surface area contributed by atoms with Crippen molar-refractivity contribution >= 4 is 39.1 Å². The Kier molecular flexibility index (Phi) is 12.2. The lowest BCUT2D eigenvalue weighted by Gasteiger charge is -2.34. The minimum absolute atomic E-state index is 0.00973. The van der Waals surface area contributed by atoms with Crippen molar-refractivity contribution < 1.29 is 18.0 Å². The number of carbonyl (C=O) groups excluding carboxylic acids is 2. The molecule has 2 amide bonds. The molecule has 1 atom stereocenters. The number of amides is 2. The SMILES string of the molecule is Cc1ccc(S(=O)(=O)N(CC(=O)N(Cc2ccccc2Cl)[C@H](Cc2ccccc2)C(=O)NCC(C)C)c2ccc(C(C)C)cc2)cc1. The van der Waals surface area contributed by atoms with Crippen LogP contribution in [0.3, 0.4) is 0 Å². The zero-order chi connectivity index (χ0) is 34.1. The molecular weight excluding hydrogens is 630 g/mol. The van der Waals surface area contributed by atoms with Gasteiger partial charge in [0.25, 0.3) is 10.0 Å². The first-order chi connectivity index (χ1) is 22.4. The van der Waals surface area contributed by atoms with Gasteiger partial charge < -0.3 is 10.2 Å². The molecule has 4 rings (SSSR count). The van der Waals surface area contributed by atoms with E-state index in [0.717, 1.165) is 21.0 Å². The first kappa shape index (κ1) is 35.7. The quantitative estimate of drug-likeness (QED) is 0.151. The maximum atomic E-state index is 14.6. The number of aryl methyl sites for hydroxylation is 1. The van der Waals surface area contributed by atoms with Gasteiger partial charge in [0.15, 0.2) is 0 Å². The van der Waals surface area contributed by atoms with Crippen LogP contribution in [0.1, 0.15) is 55.9 Å². The number of halogens is 1. The van der Waals surface area contributed by atoms with Gasteiger partial charge in [-0.1, -0.05) is 118 Å². The molecule has 4 aromatic carbocycles. The first-order valence-corrected chi connectivity index (χ1v) is 17.7. The van der Waals surface area contributed by atoms with Gasteiger partial charge in [-0.25, -0.2) is 8.42 Å². The molecule has 0 spiro atoms. The summed E-state index contributed by atoms with van der Waals surface area (Å²) in [4.78, 5) is 30.1. The summed E-state index contributed by atoms with van der Waals surface area (Å²) in [5, 5.41) is 3.45. The van der Waals surface area contributed by atoms with E-state index in [0.29, 0.717) is 22.8 Å². The van der Waals surface area contributed by atoms with Gasteiger partial charge in [0, 0.05) is 24.5 Å². The zero-order valence-electron chi connectivity index (χ0n) is 27.7. The number of benzene rings is 4. The minimum atomic E-state index is -4.18. The summed E-state index contributed by atoms with van der Waals surface area (Å²) in [5.41, 5.74) is 3.81. The summed E-state index contributed by atoms with van der Waals surface area (Å²) in [6.07, 6.45) is 0.231. The summed E-state index contributed by atoms with van der Waals surface area (Å²) in [5.74, 6) is -0.429. The van der Waals surface area contributed by atoms with E-state index in [9.17, 15) is 18.0 Å². The van der Waals surface area contributed by atoms with E-state index >= 15 is 0 Å². The van der Waals surface area contributed by atoms with Gasteiger partial charge in [0.05, 0.1) is 10.6 Å². The monoisotopic (exact) mass is 673 g/mol. The molecule has 0 aliphatic heterocycles. The van der Waals surface area contributed by atoms with Crippen LogP contribution in [0.2, 0.25) is 5.02 Å². The second kappa shape index (κ2) is 16.1. The highest BCUT2D eigenvalue weighted by atomic mass is 35.5. The summed E-state index contributed by atoms with van der Waals surface area (Å²) in [6.45, 7) is 9.90. The summed E-state index contributed by atoms with van der Waals surface area (Å²) in [6, 6.07) is 29.4. The lowest BCUT2D eigenvalue weighted by Crippen LogP contribution is -2.53. The third-order valence-corrected chi connectivity index (χ3v) is 10.1. The average Bonchev–Trinajstić information content (AvgIpc) is 3.05. The number of hydrogen-bond donors (Lipinski definition) is 1. The van der Waals surface area contributed by atoms with Crippen LogP contribution < -0.4 is 9.62 Å². The molecule has 7 nitrogen and oxygen atoms in total. The topological polar surface area (TPSA) is 86.8 Å². The molecule has 47 heavy (non-hydrogen) atoms. The molecule has 4 aromatic rings. The second-order valence-corrected chi connectivity index (χ2v) is 14.8. The molecular formula is C38H44ClN3O4S. The lowest BCUT2D eigenvalue weighted by atomic mass is 10.0. The summed E-state index contributed by atoms with van der Waals surface area (Å²) < 4.78 is 29.7. The van der Waals surface area contributed by atoms with Crippen molar-refractivity contribution in [2.75, 3.05) is 17.4 Å². The van der Waals surface area contributed by atoms with Crippen LogP contribution in [-0.4, -0.2) is 44.3 Å². The summed E-state index contributed by atoms with van der Waals surface area (Å²) >= 11 is 6.58. The van der Waals surface area contributed by atoms with Crippen LogP contribution in [0, 0.1) is 12.8 Å². The molecule has 0 aromatic heterocycles. The molecule has 0 saturated heterocycles. The van der Waals surface area contributed by atoms with Crippen LogP contribution in [0.4, 0.5) is 5.69 Å².